The van der Waals surface area contributed by atoms with Gasteiger partial charge in [-0.3, -0.25) is 4.79 Å². The number of carboxylic acid groups (broad SMARTS) is 1. The third-order valence-corrected chi connectivity index (χ3v) is 4.62. The molecule has 0 aliphatic carbocycles. The van der Waals surface area contributed by atoms with E-state index in [-0.39, 0.29) is 17.9 Å². The molecule has 0 spiro atoms. The molecule has 2 atom stereocenters. The lowest BCUT2D eigenvalue weighted by Gasteiger charge is -2.46. The van der Waals surface area contributed by atoms with E-state index in [1.807, 2.05) is 4.90 Å². The van der Waals surface area contributed by atoms with Crippen LogP contribution in [0, 0.1) is 11.8 Å². The zero-order valence-electron chi connectivity index (χ0n) is 11.8. The predicted molar refractivity (Wildman–Crippen MR) is 71.9 cm³/mol. The fraction of sp³-hybridized carbons (Fsp3) is 0.857. The summed E-state index contributed by atoms with van der Waals surface area (Å²) in [5, 5.41) is 8.96. The van der Waals surface area contributed by atoms with Gasteiger partial charge in [0.2, 0.25) is 0 Å². The molecule has 2 unspecified atom stereocenters. The van der Waals surface area contributed by atoms with Crippen molar-refractivity contribution in [3.63, 3.8) is 0 Å². The number of carbonyl (C=O) groups excluding carboxylic acids is 1. The highest BCUT2D eigenvalue weighted by molar-refractivity contribution is 5.76. The van der Waals surface area contributed by atoms with Crippen molar-refractivity contribution in [2.75, 3.05) is 19.6 Å². The highest BCUT2D eigenvalue weighted by atomic mass is 16.4. The first-order chi connectivity index (χ1) is 9.04. The largest absolute Gasteiger partial charge is 0.481 e. The Kier molecular flexibility index (Phi) is 4.32. The first-order valence-corrected chi connectivity index (χ1v) is 7.33. The van der Waals surface area contributed by atoms with Crippen molar-refractivity contribution in [3.05, 3.63) is 0 Å². The Balaban J connectivity index is 1.87. The van der Waals surface area contributed by atoms with Gasteiger partial charge in [0.1, 0.15) is 0 Å². The summed E-state index contributed by atoms with van der Waals surface area (Å²) in [6, 6.07) is 0.484. The van der Waals surface area contributed by atoms with Crippen molar-refractivity contribution in [1.29, 1.82) is 0 Å². The van der Waals surface area contributed by atoms with E-state index >= 15 is 0 Å². The van der Waals surface area contributed by atoms with Crippen LogP contribution in [0.2, 0.25) is 0 Å². The number of urea groups is 1. The summed E-state index contributed by atoms with van der Waals surface area (Å²) in [6.07, 6.45) is 4.41. The lowest BCUT2D eigenvalue weighted by Crippen LogP contribution is -2.59. The van der Waals surface area contributed by atoms with Crippen LogP contribution in [0.25, 0.3) is 0 Å². The van der Waals surface area contributed by atoms with Crippen LogP contribution < -0.4 is 0 Å². The number of carboxylic acids is 1. The van der Waals surface area contributed by atoms with Crippen molar-refractivity contribution in [1.82, 2.24) is 9.80 Å². The van der Waals surface area contributed by atoms with E-state index in [4.69, 9.17) is 5.11 Å². The lowest BCUT2D eigenvalue weighted by atomic mass is 9.87. The molecule has 108 valence electrons. The summed E-state index contributed by atoms with van der Waals surface area (Å²) in [5.41, 5.74) is 0. The van der Waals surface area contributed by atoms with Gasteiger partial charge in [-0.1, -0.05) is 13.8 Å². The third kappa shape index (κ3) is 2.85. The topological polar surface area (TPSA) is 60.9 Å². The van der Waals surface area contributed by atoms with Gasteiger partial charge in [-0.25, -0.2) is 4.79 Å². The Hall–Kier alpha value is -1.26. The van der Waals surface area contributed by atoms with Gasteiger partial charge in [-0.2, -0.15) is 0 Å². The van der Waals surface area contributed by atoms with Gasteiger partial charge >= 0.3 is 12.0 Å². The second-order valence-electron chi connectivity index (χ2n) is 5.83. The Bertz CT molecular complexity index is 353. The molecule has 0 aromatic heterocycles. The molecule has 2 saturated heterocycles. The van der Waals surface area contributed by atoms with Gasteiger partial charge in [0, 0.05) is 31.6 Å². The van der Waals surface area contributed by atoms with Gasteiger partial charge in [0.15, 0.2) is 0 Å². The molecule has 2 fully saturated rings. The minimum absolute atomic E-state index is 0.111. The Morgan fingerprint density at radius 1 is 1.32 bits per heavy atom. The second-order valence-corrected chi connectivity index (χ2v) is 5.83. The van der Waals surface area contributed by atoms with Crippen LogP contribution in [-0.4, -0.2) is 52.6 Å². The molecule has 2 rings (SSSR count). The standard InChI is InChI=1S/C14H24N2O3/c1-3-12-6-4-5-7-16(12)14(19)15-8-11(9-15)10(2)13(17)18/h10-12H,3-9H2,1-2H3,(H,17,18). The number of hydrogen-bond acceptors (Lipinski definition) is 2. The zero-order chi connectivity index (χ0) is 14.0. The maximum absolute atomic E-state index is 12.4. The van der Waals surface area contributed by atoms with Gasteiger partial charge in [0.05, 0.1) is 5.92 Å². The summed E-state index contributed by atoms with van der Waals surface area (Å²) < 4.78 is 0. The molecule has 0 aromatic carbocycles. The average molecular weight is 268 g/mol. The fourth-order valence-corrected chi connectivity index (χ4v) is 3.05. The lowest BCUT2D eigenvalue weighted by molar-refractivity contribution is -0.145. The maximum Gasteiger partial charge on any atom is 0.320 e. The number of piperidine rings is 1. The Labute approximate surface area is 114 Å². The number of carbonyl (C=O) groups is 2. The Morgan fingerprint density at radius 2 is 2.00 bits per heavy atom. The number of hydrogen-bond donors (Lipinski definition) is 1. The van der Waals surface area contributed by atoms with E-state index in [9.17, 15) is 9.59 Å². The molecule has 5 nitrogen and oxygen atoms in total. The summed E-state index contributed by atoms with van der Waals surface area (Å²) in [6.45, 7) is 5.90. The van der Waals surface area contributed by atoms with Crippen LogP contribution in [0.1, 0.15) is 39.5 Å². The van der Waals surface area contributed by atoms with Crippen LogP contribution in [0.5, 0.6) is 0 Å². The normalized spacial score (nSPS) is 25.9. The molecule has 2 heterocycles. The Morgan fingerprint density at radius 3 is 2.58 bits per heavy atom. The highest BCUT2D eigenvalue weighted by Crippen LogP contribution is 2.28. The van der Waals surface area contributed by atoms with Crippen molar-refractivity contribution in [2.24, 2.45) is 11.8 Å². The third-order valence-electron chi connectivity index (χ3n) is 4.62. The van der Waals surface area contributed by atoms with Crippen molar-refractivity contribution in [3.8, 4) is 0 Å². The van der Waals surface area contributed by atoms with Gasteiger partial charge in [0.25, 0.3) is 0 Å². The average Bonchev–Trinajstić information content (AvgIpc) is 2.36. The van der Waals surface area contributed by atoms with Gasteiger partial charge < -0.3 is 14.9 Å². The molecule has 0 saturated carbocycles. The van der Waals surface area contributed by atoms with E-state index in [1.54, 1.807) is 11.8 Å². The van der Waals surface area contributed by atoms with E-state index in [0.29, 0.717) is 19.1 Å². The fourth-order valence-electron chi connectivity index (χ4n) is 3.05. The van der Waals surface area contributed by atoms with E-state index in [1.165, 1.54) is 6.42 Å². The summed E-state index contributed by atoms with van der Waals surface area (Å²) in [7, 11) is 0. The van der Waals surface area contributed by atoms with Crippen LogP contribution in [0.15, 0.2) is 0 Å². The summed E-state index contributed by atoms with van der Waals surface area (Å²) in [4.78, 5) is 27.1. The van der Waals surface area contributed by atoms with Crippen molar-refractivity contribution in [2.45, 2.75) is 45.6 Å². The molecule has 0 bridgehead atoms. The molecule has 19 heavy (non-hydrogen) atoms. The van der Waals surface area contributed by atoms with E-state index < -0.39 is 5.97 Å². The molecule has 2 amide bonds. The van der Waals surface area contributed by atoms with Crippen LogP contribution >= 0.6 is 0 Å². The summed E-state index contributed by atoms with van der Waals surface area (Å²) >= 11 is 0. The zero-order valence-corrected chi connectivity index (χ0v) is 11.8. The van der Waals surface area contributed by atoms with Gasteiger partial charge in [-0.15, -0.1) is 0 Å². The van der Waals surface area contributed by atoms with Crippen LogP contribution in [-0.2, 0) is 4.79 Å². The molecule has 2 aliphatic heterocycles. The van der Waals surface area contributed by atoms with E-state index in [2.05, 4.69) is 6.92 Å². The SMILES string of the molecule is CCC1CCCCN1C(=O)N1CC(C(C)C(=O)O)C1. The van der Waals surface area contributed by atoms with Crippen LogP contribution in [0.4, 0.5) is 4.79 Å². The summed E-state index contributed by atoms with van der Waals surface area (Å²) in [5.74, 6) is -1.000. The van der Waals surface area contributed by atoms with Gasteiger partial charge in [-0.05, 0) is 25.7 Å². The van der Waals surface area contributed by atoms with Crippen molar-refractivity contribution < 1.29 is 14.7 Å². The van der Waals surface area contributed by atoms with Crippen molar-refractivity contribution >= 4 is 12.0 Å². The molecule has 5 heteroatoms. The van der Waals surface area contributed by atoms with Crippen LogP contribution in [0.3, 0.4) is 0 Å². The smallest absolute Gasteiger partial charge is 0.320 e. The molecular weight excluding hydrogens is 244 g/mol. The number of aliphatic carboxylic acids is 1. The maximum atomic E-state index is 12.4. The monoisotopic (exact) mass is 268 g/mol. The number of rotatable bonds is 3. The number of nitrogens with zero attached hydrogens (tertiary/aromatic N) is 2. The highest BCUT2D eigenvalue weighted by Gasteiger charge is 2.40. The number of likely N-dealkylation sites (tertiary alicyclic amines) is 2. The first kappa shape index (κ1) is 14.2. The second kappa shape index (κ2) is 5.80. The molecular formula is C14H24N2O3. The number of amides is 2. The first-order valence-electron chi connectivity index (χ1n) is 7.33. The molecule has 1 N–H and O–H groups in total. The molecule has 2 aliphatic rings. The minimum Gasteiger partial charge on any atom is -0.481 e. The quantitative estimate of drug-likeness (QED) is 0.852. The molecule has 0 aromatic rings. The van der Waals surface area contributed by atoms with E-state index in [0.717, 1.165) is 25.8 Å². The molecule has 0 radical (unpaired) electrons. The minimum atomic E-state index is -0.762. The predicted octanol–water partition coefficient (Wildman–Crippen LogP) is 2.02.